The SMILES string of the molecule is COc1c(C2CCCN2)cc(F)c(S(C)(=O)=O)c1OC. The van der Waals surface area contributed by atoms with Crippen molar-refractivity contribution in [1.29, 1.82) is 0 Å². The first-order valence-corrected chi connectivity index (χ1v) is 8.17. The maximum absolute atomic E-state index is 14.2. The minimum atomic E-state index is -3.75. The van der Waals surface area contributed by atoms with Gasteiger partial charge in [-0.1, -0.05) is 0 Å². The minimum absolute atomic E-state index is 0.0537. The molecule has 1 aromatic rings. The Hall–Kier alpha value is -1.34. The van der Waals surface area contributed by atoms with Crippen LogP contribution in [-0.4, -0.2) is 35.4 Å². The van der Waals surface area contributed by atoms with Gasteiger partial charge in [-0.3, -0.25) is 0 Å². The van der Waals surface area contributed by atoms with Crippen molar-refractivity contribution in [2.45, 2.75) is 23.8 Å². The van der Waals surface area contributed by atoms with Crippen LogP contribution in [-0.2, 0) is 9.84 Å². The number of nitrogens with one attached hydrogen (secondary N) is 1. The van der Waals surface area contributed by atoms with Gasteiger partial charge in [0.25, 0.3) is 0 Å². The molecule has 7 heteroatoms. The molecule has 0 aromatic heterocycles. The molecule has 112 valence electrons. The minimum Gasteiger partial charge on any atom is -0.492 e. The van der Waals surface area contributed by atoms with Crippen LogP contribution < -0.4 is 14.8 Å². The molecule has 0 radical (unpaired) electrons. The van der Waals surface area contributed by atoms with Gasteiger partial charge >= 0.3 is 0 Å². The lowest BCUT2D eigenvalue weighted by Gasteiger charge is -2.20. The van der Waals surface area contributed by atoms with E-state index < -0.39 is 20.5 Å². The molecule has 5 nitrogen and oxygen atoms in total. The van der Waals surface area contributed by atoms with Crippen LogP contribution in [0.4, 0.5) is 4.39 Å². The van der Waals surface area contributed by atoms with Crippen LogP contribution in [0, 0.1) is 5.82 Å². The van der Waals surface area contributed by atoms with Crippen molar-refractivity contribution >= 4 is 9.84 Å². The zero-order chi connectivity index (χ0) is 14.9. The third kappa shape index (κ3) is 2.60. The van der Waals surface area contributed by atoms with Crippen LogP contribution >= 0.6 is 0 Å². The third-order valence-electron chi connectivity index (χ3n) is 3.39. The number of benzene rings is 1. The highest BCUT2D eigenvalue weighted by atomic mass is 32.2. The molecule has 0 bridgehead atoms. The molecule has 0 saturated carbocycles. The molecule has 1 aliphatic rings. The molecule has 1 heterocycles. The van der Waals surface area contributed by atoms with Gasteiger partial charge in [0.15, 0.2) is 21.3 Å². The van der Waals surface area contributed by atoms with Crippen molar-refractivity contribution in [1.82, 2.24) is 5.32 Å². The maximum Gasteiger partial charge on any atom is 0.182 e. The Morgan fingerprint density at radius 2 is 1.95 bits per heavy atom. The molecule has 20 heavy (non-hydrogen) atoms. The summed E-state index contributed by atoms with van der Waals surface area (Å²) in [5, 5.41) is 3.23. The molecule has 1 fully saturated rings. The molecule has 1 atom stereocenters. The Labute approximate surface area is 118 Å². The summed E-state index contributed by atoms with van der Waals surface area (Å²) in [4.78, 5) is -0.460. The van der Waals surface area contributed by atoms with Crippen molar-refractivity contribution < 1.29 is 22.3 Å². The van der Waals surface area contributed by atoms with E-state index in [1.165, 1.54) is 20.3 Å². The Morgan fingerprint density at radius 1 is 1.30 bits per heavy atom. The van der Waals surface area contributed by atoms with Gasteiger partial charge in [-0.2, -0.15) is 0 Å². The lowest BCUT2D eigenvalue weighted by Crippen LogP contribution is -2.16. The second-order valence-electron chi connectivity index (χ2n) is 4.76. The molecule has 1 N–H and O–H groups in total. The number of hydrogen-bond acceptors (Lipinski definition) is 5. The topological polar surface area (TPSA) is 64.6 Å². The van der Waals surface area contributed by atoms with E-state index in [-0.39, 0.29) is 17.5 Å². The van der Waals surface area contributed by atoms with Gasteiger partial charge in [0.05, 0.1) is 14.2 Å². The van der Waals surface area contributed by atoms with Gasteiger partial charge in [-0.15, -0.1) is 0 Å². The monoisotopic (exact) mass is 303 g/mol. The predicted octanol–water partition coefficient (Wildman–Crippen LogP) is 1.67. The number of hydrogen-bond donors (Lipinski definition) is 1. The highest BCUT2D eigenvalue weighted by molar-refractivity contribution is 7.90. The molecule has 0 amide bonds. The first-order chi connectivity index (χ1) is 9.40. The van der Waals surface area contributed by atoms with E-state index in [9.17, 15) is 12.8 Å². The van der Waals surface area contributed by atoms with E-state index in [1.54, 1.807) is 0 Å². The molecule has 1 aromatic carbocycles. The van der Waals surface area contributed by atoms with Gasteiger partial charge in [0.2, 0.25) is 0 Å². The van der Waals surface area contributed by atoms with E-state index in [0.717, 1.165) is 25.6 Å². The van der Waals surface area contributed by atoms with E-state index in [2.05, 4.69) is 5.32 Å². The van der Waals surface area contributed by atoms with E-state index in [1.807, 2.05) is 0 Å². The summed E-state index contributed by atoms with van der Waals surface area (Å²) in [6.45, 7) is 0.839. The Balaban J connectivity index is 2.70. The number of sulfone groups is 1. The standard InChI is InChI=1S/C13H18FNO4S/c1-18-11-8(10-5-4-6-15-10)7-9(14)13(12(11)19-2)20(3,16)17/h7,10,15H,4-6H2,1-3H3. The Kier molecular flexibility index (Phi) is 4.19. The summed E-state index contributed by atoms with van der Waals surface area (Å²) < 4.78 is 48.1. The number of ether oxygens (including phenoxy) is 2. The molecule has 0 spiro atoms. The van der Waals surface area contributed by atoms with Crippen molar-refractivity contribution in [3.63, 3.8) is 0 Å². The first-order valence-electron chi connectivity index (χ1n) is 6.28. The number of methoxy groups -OCH3 is 2. The summed E-state index contributed by atoms with van der Waals surface area (Å²) in [6.07, 6.45) is 2.77. The highest BCUT2D eigenvalue weighted by Crippen LogP contribution is 2.43. The van der Waals surface area contributed by atoms with Crippen molar-refractivity contribution in [2.24, 2.45) is 0 Å². The average Bonchev–Trinajstić information content (AvgIpc) is 2.89. The van der Waals surface area contributed by atoms with Crippen LogP contribution in [0.15, 0.2) is 11.0 Å². The van der Waals surface area contributed by atoms with Gasteiger partial charge in [0, 0.05) is 17.9 Å². The zero-order valence-corrected chi connectivity index (χ0v) is 12.5. The largest absolute Gasteiger partial charge is 0.492 e. The quantitative estimate of drug-likeness (QED) is 0.916. The second kappa shape index (κ2) is 5.57. The lowest BCUT2D eigenvalue weighted by atomic mass is 10.0. The van der Waals surface area contributed by atoms with Crippen LogP contribution in [0.2, 0.25) is 0 Å². The van der Waals surface area contributed by atoms with Crippen LogP contribution in [0.25, 0.3) is 0 Å². The van der Waals surface area contributed by atoms with Crippen LogP contribution in [0.5, 0.6) is 11.5 Å². The summed E-state index contributed by atoms with van der Waals surface area (Å²) in [5.74, 6) is -0.610. The van der Waals surface area contributed by atoms with E-state index in [4.69, 9.17) is 9.47 Å². The normalized spacial score (nSPS) is 19.1. The molecule has 1 saturated heterocycles. The molecular weight excluding hydrogens is 285 g/mol. The summed E-state index contributed by atoms with van der Waals surface area (Å²) in [6, 6.07) is 1.17. The number of rotatable bonds is 4. The summed E-state index contributed by atoms with van der Waals surface area (Å²) in [5.41, 5.74) is 0.590. The van der Waals surface area contributed by atoms with Gasteiger partial charge in [-0.25, -0.2) is 12.8 Å². The molecular formula is C13H18FNO4S. The molecule has 1 unspecified atom stereocenters. The van der Waals surface area contributed by atoms with E-state index in [0.29, 0.717) is 5.56 Å². The second-order valence-corrected chi connectivity index (χ2v) is 6.72. The molecule has 2 rings (SSSR count). The molecule has 0 aliphatic carbocycles. The summed E-state index contributed by atoms with van der Waals surface area (Å²) in [7, 11) is -1.03. The third-order valence-corrected chi connectivity index (χ3v) is 4.51. The van der Waals surface area contributed by atoms with Crippen molar-refractivity contribution in [3.05, 3.63) is 17.4 Å². The zero-order valence-electron chi connectivity index (χ0n) is 11.7. The van der Waals surface area contributed by atoms with Gasteiger partial charge < -0.3 is 14.8 Å². The predicted molar refractivity (Wildman–Crippen MR) is 72.6 cm³/mol. The summed E-state index contributed by atoms with van der Waals surface area (Å²) >= 11 is 0. The smallest absolute Gasteiger partial charge is 0.182 e. The van der Waals surface area contributed by atoms with Gasteiger partial charge in [0.1, 0.15) is 10.7 Å². The van der Waals surface area contributed by atoms with Crippen LogP contribution in [0.1, 0.15) is 24.4 Å². The molecule has 1 aliphatic heterocycles. The Bertz CT molecular complexity index is 609. The fourth-order valence-corrected chi connectivity index (χ4v) is 3.49. The van der Waals surface area contributed by atoms with Crippen molar-refractivity contribution in [3.8, 4) is 11.5 Å². The number of halogens is 1. The van der Waals surface area contributed by atoms with E-state index >= 15 is 0 Å². The average molecular weight is 303 g/mol. The fraction of sp³-hybridized carbons (Fsp3) is 0.538. The first kappa shape index (κ1) is 15.1. The maximum atomic E-state index is 14.2. The highest BCUT2D eigenvalue weighted by Gasteiger charge is 2.30. The van der Waals surface area contributed by atoms with Crippen molar-refractivity contribution in [2.75, 3.05) is 27.0 Å². The lowest BCUT2D eigenvalue weighted by molar-refractivity contribution is 0.335. The van der Waals surface area contributed by atoms with Gasteiger partial charge in [-0.05, 0) is 25.5 Å². The van der Waals surface area contributed by atoms with Crippen LogP contribution in [0.3, 0.4) is 0 Å². The fourth-order valence-electron chi connectivity index (χ4n) is 2.56. The Morgan fingerprint density at radius 3 is 2.40 bits per heavy atom.